The van der Waals surface area contributed by atoms with E-state index < -0.39 is 5.82 Å². The first-order chi connectivity index (χ1) is 8.11. The van der Waals surface area contributed by atoms with Crippen LogP contribution in [0.5, 0.6) is 0 Å². The molecule has 0 amide bonds. The van der Waals surface area contributed by atoms with Crippen molar-refractivity contribution in [1.82, 2.24) is 5.32 Å². The number of halogens is 3. The van der Waals surface area contributed by atoms with E-state index in [0.717, 1.165) is 13.0 Å². The molecular formula is C12H16BrClFNO. The first kappa shape index (κ1) is 14.9. The molecule has 0 radical (unpaired) electrons. The van der Waals surface area contributed by atoms with Crippen LogP contribution in [-0.4, -0.2) is 20.3 Å². The highest BCUT2D eigenvalue weighted by Crippen LogP contribution is 2.30. The molecule has 0 aromatic heterocycles. The normalized spacial score (nSPS) is 12.8. The van der Waals surface area contributed by atoms with E-state index in [1.54, 1.807) is 19.2 Å². The largest absolute Gasteiger partial charge is 0.383 e. The minimum atomic E-state index is -0.397. The molecule has 1 rings (SSSR count). The lowest BCUT2D eigenvalue weighted by atomic mass is 10.1. The maximum atomic E-state index is 14.0. The fourth-order valence-electron chi connectivity index (χ4n) is 1.55. The van der Waals surface area contributed by atoms with E-state index in [4.69, 9.17) is 16.3 Å². The van der Waals surface area contributed by atoms with Gasteiger partial charge >= 0.3 is 0 Å². The molecule has 96 valence electrons. The Hall–Kier alpha value is -0.160. The zero-order valence-electron chi connectivity index (χ0n) is 9.90. The number of methoxy groups -OCH3 is 1. The van der Waals surface area contributed by atoms with Crippen molar-refractivity contribution in [2.45, 2.75) is 19.4 Å². The lowest BCUT2D eigenvalue weighted by molar-refractivity contribution is 0.165. The van der Waals surface area contributed by atoms with Crippen molar-refractivity contribution in [3.63, 3.8) is 0 Å². The fourth-order valence-corrected chi connectivity index (χ4v) is 2.03. The van der Waals surface area contributed by atoms with Crippen molar-refractivity contribution in [3.8, 4) is 0 Å². The van der Waals surface area contributed by atoms with Crippen LogP contribution in [0.2, 0.25) is 5.02 Å². The van der Waals surface area contributed by atoms with Crippen LogP contribution >= 0.6 is 27.5 Å². The summed E-state index contributed by atoms with van der Waals surface area (Å²) >= 11 is 9.07. The summed E-state index contributed by atoms with van der Waals surface area (Å²) in [6, 6.07) is 3.29. The maximum Gasteiger partial charge on any atom is 0.147 e. The van der Waals surface area contributed by atoms with Crippen molar-refractivity contribution < 1.29 is 9.13 Å². The van der Waals surface area contributed by atoms with E-state index in [-0.39, 0.29) is 11.1 Å². The molecule has 0 saturated heterocycles. The average molecular weight is 325 g/mol. The summed E-state index contributed by atoms with van der Waals surface area (Å²) in [4.78, 5) is 0. The predicted molar refractivity (Wildman–Crippen MR) is 72.0 cm³/mol. The van der Waals surface area contributed by atoms with E-state index in [1.807, 2.05) is 0 Å². The number of hydrogen-bond acceptors (Lipinski definition) is 2. The Morgan fingerprint density at radius 2 is 2.24 bits per heavy atom. The molecule has 0 bridgehead atoms. The lowest BCUT2D eigenvalue weighted by Gasteiger charge is -2.19. The molecule has 1 atom stereocenters. The summed E-state index contributed by atoms with van der Waals surface area (Å²) in [6.07, 6.45) is 0.978. The van der Waals surface area contributed by atoms with Gasteiger partial charge in [0.1, 0.15) is 5.82 Å². The molecule has 0 aliphatic heterocycles. The van der Waals surface area contributed by atoms with Crippen LogP contribution < -0.4 is 5.32 Å². The molecule has 2 nitrogen and oxygen atoms in total. The topological polar surface area (TPSA) is 21.3 Å². The van der Waals surface area contributed by atoms with Gasteiger partial charge in [-0.3, -0.25) is 0 Å². The van der Waals surface area contributed by atoms with Gasteiger partial charge in [-0.1, -0.05) is 24.6 Å². The number of rotatable bonds is 6. The first-order valence-corrected chi connectivity index (χ1v) is 6.64. The van der Waals surface area contributed by atoms with Gasteiger partial charge in [0, 0.05) is 17.1 Å². The van der Waals surface area contributed by atoms with Gasteiger partial charge in [-0.15, -0.1) is 0 Å². The molecular weight excluding hydrogens is 308 g/mol. The van der Waals surface area contributed by atoms with E-state index in [0.29, 0.717) is 16.6 Å². The van der Waals surface area contributed by atoms with Crippen molar-refractivity contribution in [2.75, 3.05) is 20.3 Å². The minimum Gasteiger partial charge on any atom is -0.383 e. The molecule has 1 aromatic carbocycles. The van der Waals surface area contributed by atoms with Gasteiger partial charge in [0.15, 0.2) is 0 Å². The maximum absolute atomic E-state index is 14.0. The minimum absolute atomic E-state index is 0.113. The molecule has 0 aliphatic rings. The molecule has 1 unspecified atom stereocenters. The Morgan fingerprint density at radius 3 is 2.82 bits per heavy atom. The lowest BCUT2D eigenvalue weighted by Crippen LogP contribution is -2.26. The summed E-state index contributed by atoms with van der Waals surface area (Å²) in [5, 5.41) is 3.35. The zero-order chi connectivity index (χ0) is 12.8. The first-order valence-electron chi connectivity index (χ1n) is 5.47. The van der Waals surface area contributed by atoms with Crippen molar-refractivity contribution >= 4 is 27.5 Å². The SMILES string of the molecule is CCCNC(COC)c1ccc(Br)c(Cl)c1F. The third-order valence-electron chi connectivity index (χ3n) is 2.41. The standard InChI is InChI=1S/C12H16BrClFNO/c1-3-6-16-10(7-17-2)8-4-5-9(13)11(14)12(8)15/h4-5,10,16H,3,6-7H2,1-2H3. The third kappa shape index (κ3) is 3.91. The van der Waals surface area contributed by atoms with E-state index in [9.17, 15) is 4.39 Å². The Bertz CT molecular complexity index is 376. The van der Waals surface area contributed by atoms with Gasteiger partial charge in [-0.25, -0.2) is 4.39 Å². The van der Waals surface area contributed by atoms with Crippen LogP contribution in [0.25, 0.3) is 0 Å². The number of benzene rings is 1. The second-order valence-corrected chi connectivity index (χ2v) is 4.96. The summed E-state index contributed by atoms with van der Waals surface area (Å²) in [6.45, 7) is 3.28. The molecule has 1 N–H and O–H groups in total. The Labute approximate surface area is 115 Å². The molecule has 1 aromatic rings. The van der Waals surface area contributed by atoms with E-state index >= 15 is 0 Å². The Balaban J connectivity index is 2.97. The van der Waals surface area contributed by atoms with Gasteiger partial charge in [0.2, 0.25) is 0 Å². The van der Waals surface area contributed by atoms with Gasteiger partial charge in [-0.2, -0.15) is 0 Å². The van der Waals surface area contributed by atoms with Crippen LogP contribution in [0.15, 0.2) is 16.6 Å². The quantitative estimate of drug-likeness (QED) is 0.801. The van der Waals surface area contributed by atoms with Gasteiger partial charge < -0.3 is 10.1 Å². The summed E-state index contributed by atoms with van der Waals surface area (Å²) in [7, 11) is 1.60. The second kappa shape index (κ2) is 7.31. The second-order valence-electron chi connectivity index (χ2n) is 3.73. The van der Waals surface area contributed by atoms with Crippen molar-refractivity contribution in [1.29, 1.82) is 0 Å². The highest BCUT2D eigenvalue weighted by Gasteiger charge is 2.18. The van der Waals surface area contributed by atoms with Crippen LogP contribution in [0, 0.1) is 5.82 Å². The smallest absolute Gasteiger partial charge is 0.147 e. The highest BCUT2D eigenvalue weighted by molar-refractivity contribution is 9.10. The average Bonchev–Trinajstić information content (AvgIpc) is 2.32. The molecule has 0 heterocycles. The van der Waals surface area contributed by atoms with Crippen LogP contribution in [-0.2, 0) is 4.74 Å². The molecule has 17 heavy (non-hydrogen) atoms. The molecule has 0 spiro atoms. The van der Waals surface area contributed by atoms with Gasteiger partial charge in [0.05, 0.1) is 17.7 Å². The number of nitrogens with one attached hydrogen (secondary N) is 1. The van der Waals surface area contributed by atoms with Crippen molar-refractivity contribution in [2.24, 2.45) is 0 Å². The number of hydrogen-bond donors (Lipinski definition) is 1. The van der Waals surface area contributed by atoms with E-state index in [1.165, 1.54) is 0 Å². The van der Waals surface area contributed by atoms with Crippen LogP contribution in [0.4, 0.5) is 4.39 Å². The van der Waals surface area contributed by atoms with E-state index in [2.05, 4.69) is 28.2 Å². The monoisotopic (exact) mass is 323 g/mol. The summed E-state index contributed by atoms with van der Waals surface area (Å²) < 4.78 is 19.7. The highest BCUT2D eigenvalue weighted by atomic mass is 79.9. The molecule has 5 heteroatoms. The van der Waals surface area contributed by atoms with Crippen LogP contribution in [0.3, 0.4) is 0 Å². The summed E-state index contributed by atoms with van der Waals surface area (Å²) in [5.74, 6) is -0.397. The molecule has 0 fully saturated rings. The molecule has 0 saturated carbocycles. The third-order valence-corrected chi connectivity index (χ3v) is 3.67. The predicted octanol–water partition coefficient (Wildman–Crippen LogP) is 3.93. The van der Waals surface area contributed by atoms with Crippen LogP contribution in [0.1, 0.15) is 24.9 Å². The van der Waals surface area contributed by atoms with Gasteiger partial charge in [0.25, 0.3) is 0 Å². The zero-order valence-corrected chi connectivity index (χ0v) is 12.2. The fraction of sp³-hybridized carbons (Fsp3) is 0.500. The van der Waals surface area contributed by atoms with Crippen molar-refractivity contribution in [3.05, 3.63) is 33.0 Å². The number of ether oxygens (including phenoxy) is 1. The Kier molecular flexibility index (Phi) is 6.41. The molecule has 0 aliphatic carbocycles. The Morgan fingerprint density at radius 1 is 1.53 bits per heavy atom. The summed E-state index contributed by atoms with van der Waals surface area (Å²) in [5.41, 5.74) is 0.536. The van der Waals surface area contributed by atoms with Gasteiger partial charge in [-0.05, 0) is 35.0 Å².